The number of hydrogen-bond donors (Lipinski definition) is 3. The Kier molecular flexibility index (Phi) is 5.68. The first-order valence-corrected chi connectivity index (χ1v) is 7.97. The lowest BCUT2D eigenvalue weighted by Crippen LogP contribution is -2.33. The average molecular weight is 371 g/mol. The first-order chi connectivity index (χ1) is 10.8. The van der Waals surface area contributed by atoms with E-state index in [1.165, 1.54) is 6.07 Å². The largest absolute Gasteiger partial charge is 0.504 e. The summed E-state index contributed by atoms with van der Waals surface area (Å²) in [6.07, 6.45) is 0. The quantitative estimate of drug-likeness (QED) is 0.674. The van der Waals surface area contributed by atoms with Crippen LogP contribution in [0.25, 0.3) is 0 Å². The molecule has 23 heavy (non-hydrogen) atoms. The molecular weight excluding hydrogens is 355 g/mol. The highest BCUT2D eigenvalue weighted by molar-refractivity contribution is 7.82. The molecule has 0 heterocycles. The zero-order valence-corrected chi connectivity index (χ0v) is 15.0. The minimum atomic E-state index is -0.497. The van der Waals surface area contributed by atoms with Gasteiger partial charge in [-0.15, -0.1) is 0 Å². The number of amides is 2. The number of phenolic OH excluding ortho intramolecular Hbond substituents is 1. The lowest BCUT2D eigenvalue weighted by Gasteiger charge is -2.20. The molecule has 0 bridgehead atoms. The van der Waals surface area contributed by atoms with E-state index in [0.29, 0.717) is 17.1 Å². The summed E-state index contributed by atoms with van der Waals surface area (Å²) in [7, 11) is 0. The van der Waals surface area contributed by atoms with E-state index in [-0.39, 0.29) is 16.5 Å². The fourth-order valence-corrected chi connectivity index (χ4v) is 2.68. The van der Waals surface area contributed by atoms with Crippen molar-refractivity contribution in [2.75, 3.05) is 4.31 Å². The number of thiol groups is 1. The monoisotopic (exact) mass is 370 g/mol. The molecule has 0 aliphatic heterocycles. The van der Waals surface area contributed by atoms with Gasteiger partial charge in [-0.2, -0.15) is 0 Å². The number of carbonyl (C=O) groups excluding carboxylic acids is 1. The molecule has 0 atom stereocenters. The highest BCUT2D eigenvalue weighted by Crippen LogP contribution is 2.41. The molecule has 0 aromatic heterocycles. The Morgan fingerprint density at radius 1 is 1.30 bits per heavy atom. The van der Waals surface area contributed by atoms with Gasteiger partial charge in [-0.05, 0) is 36.6 Å². The minimum absolute atomic E-state index is 0.0956. The van der Waals surface area contributed by atoms with E-state index < -0.39 is 6.03 Å². The van der Waals surface area contributed by atoms with Gasteiger partial charge in [-0.1, -0.05) is 60.3 Å². The third kappa shape index (κ3) is 3.86. The number of halogens is 2. The van der Waals surface area contributed by atoms with Crippen LogP contribution in [-0.2, 0) is 6.54 Å². The summed E-state index contributed by atoms with van der Waals surface area (Å²) >= 11 is 16.2. The first kappa shape index (κ1) is 17.8. The van der Waals surface area contributed by atoms with Crippen LogP contribution in [0.5, 0.6) is 5.75 Å². The number of nitrogens with zero attached hydrogens (tertiary/aromatic N) is 1. The molecule has 2 aromatic carbocycles. The lowest BCUT2D eigenvalue weighted by atomic mass is 10.1. The fraction of sp³-hybridized carbons (Fsp3) is 0.188. The summed E-state index contributed by atoms with van der Waals surface area (Å²) in [5, 5.41) is 13.3. The molecule has 0 spiro atoms. The maximum Gasteiger partial charge on any atom is 0.332 e. The van der Waals surface area contributed by atoms with Crippen LogP contribution in [0.1, 0.15) is 16.7 Å². The van der Waals surface area contributed by atoms with Crippen molar-refractivity contribution in [2.45, 2.75) is 20.4 Å². The molecule has 2 amide bonds. The zero-order valence-electron chi connectivity index (χ0n) is 12.6. The van der Waals surface area contributed by atoms with Crippen molar-refractivity contribution >= 4 is 47.7 Å². The van der Waals surface area contributed by atoms with Gasteiger partial charge in [-0.3, -0.25) is 0 Å². The number of rotatable bonds is 3. The summed E-state index contributed by atoms with van der Waals surface area (Å²) in [5.41, 5.74) is 2.72. The predicted molar refractivity (Wildman–Crippen MR) is 97.7 cm³/mol. The van der Waals surface area contributed by atoms with Crippen LogP contribution in [0.2, 0.25) is 10.0 Å². The van der Waals surface area contributed by atoms with Gasteiger partial charge in [0.25, 0.3) is 0 Å². The number of benzene rings is 2. The van der Waals surface area contributed by atoms with Gasteiger partial charge in [0.2, 0.25) is 0 Å². The maximum atomic E-state index is 12.2. The summed E-state index contributed by atoms with van der Waals surface area (Å²) in [6, 6.07) is 8.67. The molecule has 0 fully saturated rings. The van der Waals surface area contributed by atoms with E-state index in [1.807, 2.05) is 31.2 Å². The molecule has 0 saturated heterocycles. The van der Waals surface area contributed by atoms with Gasteiger partial charge < -0.3 is 10.4 Å². The molecule has 2 N–H and O–H groups in total. The summed E-state index contributed by atoms with van der Waals surface area (Å²) < 4.78 is 0.977. The molecule has 0 aliphatic rings. The Hall–Kier alpha value is -1.56. The zero-order chi connectivity index (χ0) is 17.1. The standard InChI is InChI=1S/C16H16Cl2N2O2S/c1-9-5-3-4-6-11(9)8-19-16(22)20(23)13-7-12(17)10(2)14(18)15(13)21/h3-7,21,23H,8H2,1-2H3,(H,19,22). The fourth-order valence-electron chi connectivity index (χ4n) is 2.02. The molecule has 122 valence electrons. The molecule has 4 nitrogen and oxygen atoms in total. The molecule has 0 saturated carbocycles. The van der Waals surface area contributed by atoms with E-state index in [0.717, 1.165) is 15.4 Å². The van der Waals surface area contributed by atoms with Gasteiger partial charge in [0.15, 0.2) is 5.75 Å². The smallest absolute Gasteiger partial charge is 0.332 e. The van der Waals surface area contributed by atoms with Crippen LogP contribution in [0.15, 0.2) is 30.3 Å². The molecule has 2 aromatic rings. The Labute approximate surface area is 150 Å². The number of carbonyl (C=O) groups is 1. The maximum absolute atomic E-state index is 12.2. The Morgan fingerprint density at radius 2 is 1.96 bits per heavy atom. The number of aromatic hydroxyl groups is 1. The molecule has 2 rings (SSSR count). The predicted octanol–water partition coefficient (Wildman–Crippen LogP) is 4.88. The number of phenols is 1. The Bertz CT molecular complexity index is 753. The number of nitrogens with one attached hydrogen (secondary N) is 1. The number of hydrogen-bond acceptors (Lipinski definition) is 3. The van der Waals surface area contributed by atoms with Crippen molar-refractivity contribution in [3.63, 3.8) is 0 Å². The van der Waals surface area contributed by atoms with Crippen LogP contribution in [0.3, 0.4) is 0 Å². The number of anilines is 1. The van der Waals surface area contributed by atoms with Gasteiger partial charge in [0.05, 0.1) is 5.02 Å². The summed E-state index contributed by atoms with van der Waals surface area (Å²) in [6.45, 7) is 3.98. The second-order valence-corrected chi connectivity index (χ2v) is 6.25. The Balaban J connectivity index is 2.16. The molecule has 7 heteroatoms. The minimum Gasteiger partial charge on any atom is -0.504 e. The van der Waals surface area contributed by atoms with Crippen molar-refractivity contribution in [3.05, 3.63) is 57.1 Å². The van der Waals surface area contributed by atoms with Gasteiger partial charge >= 0.3 is 6.03 Å². The first-order valence-electron chi connectivity index (χ1n) is 6.81. The topological polar surface area (TPSA) is 52.6 Å². The summed E-state index contributed by atoms with van der Waals surface area (Å²) in [4.78, 5) is 12.2. The molecule has 0 unspecified atom stereocenters. The molecule has 0 aliphatic carbocycles. The normalized spacial score (nSPS) is 10.5. The van der Waals surface area contributed by atoms with E-state index in [2.05, 4.69) is 18.1 Å². The Morgan fingerprint density at radius 3 is 2.61 bits per heavy atom. The van der Waals surface area contributed by atoms with Crippen molar-refractivity contribution in [2.24, 2.45) is 0 Å². The van der Waals surface area contributed by atoms with Crippen molar-refractivity contribution < 1.29 is 9.90 Å². The van der Waals surface area contributed by atoms with E-state index in [9.17, 15) is 9.90 Å². The second-order valence-electron chi connectivity index (χ2n) is 5.06. The highest BCUT2D eigenvalue weighted by atomic mass is 35.5. The third-order valence-corrected chi connectivity index (χ3v) is 4.77. The number of aryl methyl sites for hydroxylation is 1. The van der Waals surface area contributed by atoms with E-state index in [4.69, 9.17) is 23.2 Å². The van der Waals surface area contributed by atoms with Crippen LogP contribution in [-0.4, -0.2) is 11.1 Å². The van der Waals surface area contributed by atoms with Crippen LogP contribution in [0, 0.1) is 13.8 Å². The molecule has 0 radical (unpaired) electrons. The van der Waals surface area contributed by atoms with Crippen LogP contribution >= 0.6 is 36.0 Å². The van der Waals surface area contributed by atoms with Gasteiger partial charge in [0.1, 0.15) is 5.69 Å². The highest BCUT2D eigenvalue weighted by Gasteiger charge is 2.20. The number of urea groups is 1. The van der Waals surface area contributed by atoms with E-state index >= 15 is 0 Å². The van der Waals surface area contributed by atoms with Crippen molar-refractivity contribution in [1.29, 1.82) is 0 Å². The van der Waals surface area contributed by atoms with Gasteiger partial charge in [0, 0.05) is 11.6 Å². The summed E-state index contributed by atoms with van der Waals surface area (Å²) in [5.74, 6) is -0.241. The van der Waals surface area contributed by atoms with E-state index in [1.54, 1.807) is 6.92 Å². The van der Waals surface area contributed by atoms with Crippen molar-refractivity contribution in [3.8, 4) is 5.75 Å². The van der Waals surface area contributed by atoms with Gasteiger partial charge in [-0.25, -0.2) is 9.10 Å². The van der Waals surface area contributed by atoms with Crippen LogP contribution < -0.4 is 9.62 Å². The second kappa shape index (κ2) is 7.34. The average Bonchev–Trinajstić information content (AvgIpc) is 2.54. The van der Waals surface area contributed by atoms with Crippen molar-refractivity contribution in [1.82, 2.24) is 5.32 Å². The SMILES string of the molecule is Cc1ccccc1CNC(=O)N(S)c1cc(Cl)c(C)c(Cl)c1O. The van der Waals surface area contributed by atoms with Crippen LogP contribution in [0.4, 0.5) is 10.5 Å². The molecular formula is C16H16Cl2N2O2S. The third-order valence-electron chi connectivity index (χ3n) is 3.51. The lowest BCUT2D eigenvalue weighted by molar-refractivity contribution is 0.249.